The first-order chi connectivity index (χ1) is 17.7. The summed E-state index contributed by atoms with van der Waals surface area (Å²) in [5.41, 5.74) is 11.5. The number of rotatable bonds is 8. The molecule has 0 atom stereocenters. The van der Waals surface area contributed by atoms with Gasteiger partial charge in [-0.2, -0.15) is 9.61 Å². The molecule has 4 N–H and O–H groups in total. The predicted octanol–water partition coefficient (Wildman–Crippen LogP) is 5.43. The summed E-state index contributed by atoms with van der Waals surface area (Å²) < 4.78 is 7.78. The van der Waals surface area contributed by atoms with Crippen molar-refractivity contribution in [3.05, 3.63) is 97.3 Å². The summed E-state index contributed by atoms with van der Waals surface area (Å²) in [4.78, 5) is 16.7. The molecule has 8 nitrogen and oxygen atoms in total. The fourth-order valence-electron chi connectivity index (χ4n) is 3.98. The molecule has 5 rings (SSSR count). The van der Waals surface area contributed by atoms with Crippen LogP contribution in [0, 0.1) is 0 Å². The van der Waals surface area contributed by atoms with E-state index in [2.05, 4.69) is 15.6 Å². The molecule has 0 saturated heterocycles. The molecule has 0 bridgehead atoms. The Bertz CT molecular complexity index is 1470. The van der Waals surface area contributed by atoms with Crippen LogP contribution in [0.5, 0.6) is 5.88 Å². The van der Waals surface area contributed by atoms with Crippen molar-refractivity contribution >= 4 is 22.9 Å². The van der Waals surface area contributed by atoms with E-state index in [1.807, 2.05) is 89.4 Å². The number of fused-ring (bicyclic) bond motifs is 1. The first-order valence-electron chi connectivity index (χ1n) is 11.7. The van der Waals surface area contributed by atoms with Crippen molar-refractivity contribution < 1.29 is 9.53 Å². The number of benzene rings is 2. The van der Waals surface area contributed by atoms with E-state index in [1.165, 1.54) is 0 Å². The Morgan fingerprint density at radius 3 is 2.42 bits per heavy atom. The number of hydrogen-bond donors (Lipinski definition) is 3. The van der Waals surface area contributed by atoms with Gasteiger partial charge in [0, 0.05) is 41.0 Å². The lowest BCUT2D eigenvalue weighted by atomic mass is 10.0. The fraction of sp³-hybridized carbons (Fsp3) is 0.107. The largest absolute Gasteiger partial charge is 0.478 e. The van der Waals surface area contributed by atoms with Crippen molar-refractivity contribution in [3.63, 3.8) is 0 Å². The van der Waals surface area contributed by atoms with E-state index in [0.29, 0.717) is 30.4 Å². The van der Waals surface area contributed by atoms with Gasteiger partial charge in [-0.05, 0) is 61.0 Å². The standard InChI is InChI=1S/C28H26N6O2/c29-15-6-18-36-25-12-5-11-24-26(20-13-16-30-17-14-20)27(33-34(24)25)21-7-4-10-23(19-21)32-28(35)31-22-8-2-1-3-9-22/h1-5,7-14,16-17,19H,6,15,18,29H2,(H2,31,32,35). The number of nitrogens with zero attached hydrogens (tertiary/aromatic N) is 3. The van der Waals surface area contributed by atoms with Crippen molar-refractivity contribution in [1.82, 2.24) is 14.6 Å². The monoisotopic (exact) mass is 478 g/mol. The molecule has 0 fully saturated rings. The molecule has 3 aromatic heterocycles. The Kier molecular flexibility index (Phi) is 6.86. The second-order valence-electron chi connectivity index (χ2n) is 8.14. The molecule has 36 heavy (non-hydrogen) atoms. The third-order valence-electron chi connectivity index (χ3n) is 5.62. The van der Waals surface area contributed by atoms with Crippen LogP contribution in [0.15, 0.2) is 97.3 Å². The number of carbonyl (C=O) groups excluding carboxylic acids is 1. The number of ether oxygens (including phenoxy) is 1. The molecule has 0 saturated carbocycles. The van der Waals surface area contributed by atoms with E-state index in [9.17, 15) is 4.79 Å². The summed E-state index contributed by atoms with van der Waals surface area (Å²) in [6.45, 7) is 1.06. The second kappa shape index (κ2) is 10.7. The maximum Gasteiger partial charge on any atom is 0.323 e. The van der Waals surface area contributed by atoms with Gasteiger partial charge < -0.3 is 21.1 Å². The lowest BCUT2D eigenvalue weighted by Gasteiger charge is -2.09. The molecule has 5 aromatic rings. The number of aromatic nitrogens is 3. The zero-order chi connectivity index (χ0) is 24.7. The van der Waals surface area contributed by atoms with Crippen LogP contribution in [0.25, 0.3) is 27.9 Å². The van der Waals surface area contributed by atoms with Gasteiger partial charge in [-0.1, -0.05) is 36.4 Å². The highest BCUT2D eigenvalue weighted by atomic mass is 16.5. The fourth-order valence-corrected chi connectivity index (χ4v) is 3.98. The molecule has 0 aliphatic carbocycles. The van der Waals surface area contributed by atoms with Crippen LogP contribution in [-0.2, 0) is 0 Å². The smallest absolute Gasteiger partial charge is 0.323 e. The lowest BCUT2D eigenvalue weighted by molar-refractivity contribution is 0.262. The van der Waals surface area contributed by atoms with Gasteiger partial charge in [-0.3, -0.25) is 4.98 Å². The van der Waals surface area contributed by atoms with Crippen LogP contribution in [0.3, 0.4) is 0 Å². The summed E-state index contributed by atoms with van der Waals surface area (Å²) in [7, 11) is 0. The van der Waals surface area contributed by atoms with E-state index in [4.69, 9.17) is 15.6 Å². The minimum absolute atomic E-state index is 0.321. The zero-order valence-electron chi connectivity index (χ0n) is 19.6. The molecule has 0 unspecified atom stereocenters. The van der Waals surface area contributed by atoms with Crippen molar-refractivity contribution in [2.75, 3.05) is 23.8 Å². The van der Waals surface area contributed by atoms with Gasteiger partial charge in [0.15, 0.2) is 0 Å². The van der Waals surface area contributed by atoms with E-state index < -0.39 is 0 Å². The van der Waals surface area contributed by atoms with E-state index in [0.717, 1.165) is 34.3 Å². The molecule has 0 spiro atoms. The van der Waals surface area contributed by atoms with Crippen molar-refractivity contribution in [2.24, 2.45) is 5.73 Å². The second-order valence-corrected chi connectivity index (χ2v) is 8.14. The molecule has 180 valence electrons. The maximum atomic E-state index is 12.6. The number of urea groups is 1. The number of nitrogens with two attached hydrogens (primary N) is 1. The third-order valence-corrected chi connectivity index (χ3v) is 5.62. The average Bonchev–Trinajstić information content (AvgIpc) is 3.31. The van der Waals surface area contributed by atoms with E-state index in [1.54, 1.807) is 12.4 Å². The summed E-state index contributed by atoms with van der Waals surface area (Å²) in [5.74, 6) is 0.638. The molecule has 2 aromatic carbocycles. The number of para-hydroxylation sites is 1. The number of carbonyl (C=O) groups is 1. The lowest BCUT2D eigenvalue weighted by Crippen LogP contribution is -2.19. The summed E-state index contributed by atoms with van der Waals surface area (Å²) in [5, 5.41) is 10.7. The molecule has 8 heteroatoms. The summed E-state index contributed by atoms with van der Waals surface area (Å²) >= 11 is 0. The van der Waals surface area contributed by atoms with Gasteiger partial charge >= 0.3 is 6.03 Å². The SMILES string of the molecule is NCCCOc1cccc2c(-c3ccncc3)c(-c3cccc(NC(=O)Nc4ccccc4)c3)nn12. The minimum atomic E-state index is -0.321. The molecule has 0 aliphatic heterocycles. The molecular formula is C28H26N6O2. The Morgan fingerprint density at radius 1 is 0.861 bits per heavy atom. The number of anilines is 2. The zero-order valence-corrected chi connectivity index (χ0v) is 19.6. The molecule has 2 amide bonds. The number of nitrogens with one attached hydrogen (secondary N) is 2. The van der Waals surface area contributed by atoms with Crippen LogP contribution < -0.4 is 21.1 Å². The van der Waals surface area contributed by atoms with Gasteiger partial charge in [0.25, 0.3) is 0 Å². The third kappa shape index (κ3) is 5.03. The molecule has 0 radical (unpaired) electrons. The molecule has 0 aliphatic rings. The number of hydrogen-bond acceptors (Lipinski definition) is 5. The normalized spacial score (nSPS) is 10.8. The Morgan fingerprint density at radius 2 is 1.61 bits per heavy atom. The first kappa shape index (κ1) is 23.1. The van der Waals surface area contributed by atoms with E-state index in [-0.39, 0.29) is 6.03 Å². The number of amides is 2. The van der Waals surface area contributed by atoms with Crippen LogP contribution in [0.1, 0.15) is 6.42 Å². The minimum Gasteiger partial charge on any atom is -0.478 e. The first-order valence-corrected chi connectivity index (χ1v) is 11.7. The Hall–Kier alpha value is -4.69. The highest BCUT2D eigenvalue weighted by Crippen LogP contribution is 2.37. The van der Waals surface area contributed by atoms with Crippen molar-refractivity contribution in [2.45, 2.75) is 6.42 Å². The summed E-state index contributed by atoms with van der Waals surface area (Å²) in [6.07, 6.45) is 4.27. The van der Waals surface area contributed by atoms with Crippen LogP contribution in [0.4, 0.5) is 16.2 Å². The van der Waals surface area contributed by atoms with Gasteiger partial charge in [0.05, 0.1) is 12.1 Å². The van der Waals surface area contributed by atoms with Crippen LogP contribution >= 0.6 is 0 Å². The number of pyridine rings is 2. The van der Waals surface area contributed by atoms with E-state index >= 15 is 0 Å². The quantitative estimate of drug-likeness (QED) is 0.258. The van der Waals surface area contributed by atoms with Crippen LogP contribution in [-0.4, -0.2) is 33.8 Å². The Balaban J connectivity index is 1.53. The van der Waals surface area contributed by atoms with Crippen molar-refractivity contribution in [3.8, 4) is 28.3 Å². The maximum absolute atomic E-state index is 12.6. The van der Waals surface area contributed by atoms with Gasteiger partial charge in [0.1, 0.15) is 5.69 Å². The molecule has 3 heterocycles. The van der Waals surface area contributed by atoms with Crippen LogP contribution in [0.2, 0.25) is 0 Å². The van der Waals surface area contributed by atoms with Gasteiger partial charge in [-0.25, -0.2) is 4.79 Å². The van der Waals surface area contributed by atoms with Crippen molar-refractivity contribution in [1.29, 1.82) is 0 Å². The topological polar surface area (TPSA) is 107 Å². The highest BCUT2D eigenvalue weighted by Gasteiger charge is 2.19. The molecular weight excluding hydrogens is 452 g/mol. The van der Waals surface area contributed by atoms with Gasteiger partial charge in [0.2, 0.25) is 5.88 Å². The summed E-state index contributed by atoms with van der Waals surface area (Å²) in [6, 6.07) is 26.4. The Labute approximate surface area is 208 Å². The van der Waals surface area contributed by atoms with Gasteiger partial charge in [-0.15, -0.1) is 0 Å². The highest BCUT2D eigenvalue weighted by molar-refractivity contribution is 6.00. The predicted molar refractivity (Wildman–Crippen MR) is 142 cm³/mol. The average molecular weight is 479 g/mol.